The van der Waals surface area contributed by atoms with Gasteiger partial charge in [-0.3, -0.25) is 0 Å². The number of imidazole rings is 1. The topological polar surface area (TPSA) is 63.8 Å². The molecule has 0 saturated carbocycles. The molecule has 0 aliphatic heterocycles. The fourth-order valence-electron chi connectivity index (χ4n) is 3.09. The zero-order chi connectivity index (χ0) is 17.4. The van der Waals surface area contributed by atoms with E-state index in [9.17, 15) is 5.11 Å². The van der Waals surface area contributed by atoms with E-state index in [4.69, 9.17) is 11.6 Å². The minimum atomic E-state index is 0.193. The van der Waals surface area contributed by atoms with Crippen LogP contribution in [0.5, 0.6) is 5.75 Å². The fourth-order valence-corrected chi connectivity index (χ4v) is 3.25. The summed E-state index contributed by atoms with van der Waals surface area (Å²) >= 11 is 6.21. The Hall–Kier alpha value is -2.66. The molecule has 25 heavy (non-hydrogen) atoms. The Morgan fingerprint density at radius 1 is 1.08 bits per heavy atom. The molecule has 5 nitrogen and oxygen atoms in total. The number of unbranched alkanes of at least 4 members (excludes halogenated alkanes) is 1. The number of phenols is 1. The number of halogens is 1. The molecule has 0 bridgehead atoms. The third-order valence-corrected chi connectivity index (χ3v) is 4.51. The summed E-state index contributed by atoms with van der Waals surface area (Å²) in [4.78, 5) is 13.4. The van der Waals surface area contributed by atoms with Crippen molar-refractivity contribution in [1.29, 1.82) is 0 Å². The second kappa shape index (κ2) is 6.33. The van der Waals surface area contributed by atoms with Crippen LogP contribution in [0.3, 0.4) is 0 Å². The molecule has 0 aliphatic carbocycles. The zero-order valence-corrected chi connectivity index (χ0v) is 14.5. The molecule has 0 fully saturated rings. The molecule has 2 heterocycles. The van der Waals surface area contributed by atoms with E-state index in [1.165, 1.54) is 0 Å². The highest BCUT2D eigenvalue weighted by Gasteiger charge is 2.16. The van der Waals surface area contributed by atoms with Gasteiger partial charge in [-0.25, -0.2) is 9.97 Å². The highest BCUT2D eigenvalue weighted by molar-refractivity contribution is 6.28. The van der Waals surface area contributed by atoms with Crippen LogP contribution in [0, 0.1) is 0 Å². The number of phenolic OH excluding ortho intramolecular Hbond substituents is 1. The van der Waals surface area contributed by atoms with Crippen LogP contribution >= 0.6 is 11.6 Å². The van der Waals surface area contributed by atoms with E-state index in [2.05, 4.69) is 21.9 Å². The van der Waals surface area contributed by atoms with Gasteiger partial charge in [0.2, 0.25) is 5.28 Å². The summed E-state index contributed by atoms with van der Waals surface area (Å²) in [5.41, 5.74) is 3.02. The lowest BCUT2D eigenvalue weighted by atomic mass is 10.0. The summed E-state index contributed by atoms with van der Waals surface area (Å²) in [6.07, 6.45) is 3.93. The first-order valence-corrected chi connectivity index (χ1v) is 8.66. The van der Waals surface area contributed by atoms with E-state index in [-0.39, 0.29) is 11.0 Å². The van der Waals surface area contributed by atoms with Crippen molar-refractivity contribution >= 4 is 33.5 Å². The maximum absolute atomic E-state index is 10.1. The summed E-state index contributed by atoms with van der Waals surface area (Å²) < 4.78 is 2.01. The molecule has 126 valence electrons. The first-order chi connectivity index (χ1) is 12.2. The minimum absolute atomic E-state index is 0.193. The van der Waals surface area contributed by atoms with E-state index in [1.54, 1.807) is 12.4 Å². The quantitative estimate of drug-likeness (QED) is 0.535. The van der Waals surface area contributed by atoms with Crippen LogP contribution in [-0.4, -0.2) is 24.6 Å². The van der Waals surface area contributed by atoms with Gasteiger partial charge in [0.15, 0.2) is 5.65 Å². The van der Waals surface area contributed by atoms with Crippen LogP contribution in [0.15, 0.2) is 42.7 Å². The third kappa shape index (κ3) is 2.70. The number of aromatic nitrogens is 4. The van der Waals surface area contributed by atoms with Crippen LogP contribution in [0.25, 0.3) is 33.2 Å². The molecule has 2 aromatic carbocycles. The van der Waals surface area contributed by atoms with E-state index in [1.807, 2.05) is 34.9 Å². The molecule has 0 atom stereocenters. The molecular weight excluding hydrogens is 336 g/mol. The number of nitrogens with zero attached hydrogens (tertiary/aromatic N) is 4. The summed E-state index contributed by atoms with van der Waals surface area (Å²) in [6.45, 7) is 2.99. The monoisotopic (exact) mass is 352 g/mol. The lowest BCUT2D eigenvalue weighted by Crippen LogP contribution is -1.99. The molecule has 6 heteroatoms. The van der Waals surface area contributed by atoms with Gasteiger partial charge in [0.1, 0.15) is 17.0 Å². The molecule has 1 N–H and O–H groups in total. The molecule has 0 spiro atoms. The number of hydrogen-bond donors (Lipinski definition) is 1. The van der Waals surface area contributed by atoms with Crippen LogP contribution in [0.4, 0.5) is 0 Å². The van der Waals surface area contributed by atoms with Crippen LogP contribution in [0.1, 0.15) is 19.8 Å². The third-order valence-electron chi connectivity index (χ3n) is 4.35. The Kier molecular flexibility index (Phi) is 4.01. The highest BCUT2D eigenvalue weighted by atomic mass is 35.5. The predicted molar refractivity (Wildman–Crippen MR) is 99.8 cm³/mol. The molecule has 0 radical (unpaired) electrons. The molecular formula is C19H17ClN4O. The summed E-state index contributed by atoms with van der Waals surface area (Å²) in [5, 5.41) is 12.0. The normalized spacial score (nSPS) is 11.4. The van der Waals surface area contributed by atoms with Gasteiger partial charge in [0.25, 0.3) is 0 Å². The number of aryl methyl sites for hydroxylation is 1. The number of fused-ring (bicyclic) bond motifs is 2. The molecule has 0 unspecified atom stereocenters. The average Bonchev–Trinajstić information content (AvgIpc) is 3.03. The second-order valence-corrected chi connectivity index (χ2v) is 6.32. The molecule has 4 aromatic rings. The summed E-state index contributed by atoms with van der Waals surface area (Å²) in [7, 11) is 0. The Balaban J connectivity index is 1.99. The number of aromatic hydroxyl groups is 1. The molecule has 0 saturated heterocycles. The second-order valence-electron chi connectivity index (χ2n) is 5.98. The average molecular weight is 353 g/mol. The van der Waals surface area contributed by atoms with E-state index in [0.29, 0.717) is 5.69 Å². The van der Waals surface area contributed by atoms with Crippen molar-refractivity contribution in [2.45, 2.75) is 26.3 Å². The maximum atomic E-state index is 10.1. The van der Waals surface area contributed by atoms with Gasteiger partial charge in [0, 0.05) is 17.5 Å². The standard InChI is InChI=1S/C19H17ClN4O/c1-2-3-10-24-11-21-17-16(22-19(20)23-18(17)24)14-8-9-15(25)13-7-5-4-6-12(13)14/h4-9,11,25H,2-3,10H2,1H3. The SMILES string of the molecule is CCCCn1cnc2c(-c3ccc(O)c4ccccc34)nc(Cl)nc21. The number of hydrogen-bond acceptors (Lipinski definition) is 4. The van der Waals surface area contributed by atoms with Gasteiger partial charge in [-0.2, -0.15) is 4.98 Å². The van der Waals surface area contributed by atoms with E-state index < -0.39 is 0 Å². The van der Waals surface area contributed by atoms with Crippen molar-refractivity contribution in [2.75, 3.05) is 0 Å². The summed E-state index contributed by atoms with van der Waals surface area (Å²) in [5.74, 6) is 0.240. The van der Waals surface area contributed by atoms with Crippen molar-refractivity contribution < 1.29 is 5.11 Å². The van der Waals surface area contributed by atoms with Crippen molar-refractivity contribution in [3.05, 3.63) is 48.0 Å². The van der Waals surface area contributed by atoms with Crippen molar-refractivity contribution in [2.24, 2.45) is 0 Å². The van der Waals surface area contributed by atoms with Gasteiger partial charge >= 0.3 is 0 Å². The molecule has 4 rings (SSSR count). The van der Waals surface area contributed by atoms with Gasteiger partial charge in [-0.05, 0) is 35.5 Å². The Morgan fingerprint density at radius 3 is 2.68 bits per heavy atom. The van der Waals surface area contributed by atoms with E-state index in [0.717, 1.165) is 46.9 Å². The maximum Gasteiger partial charge on any atom is 0.225 e. The minimum Gasteiger partial charge on any atom is -0.507 e. The molecule has 2 aromatic heterocycles. The first-order valence-electron chi connectivity index (χ1n) is 8.28. The smallest absolute Gasteiger partial charge is 0.225 e. The fraction of sp³-hybridized carbons (Fsp3) is 0.211. The van der Waals surface area contributed by atoms with Gasteiger partial charge in [-0.1, -0.05) is 37.6 Å². The van der Waals surface area contributed by atoms with Crippen LogP contribution < -0.4 is 0 Å². The highest BCUT2D eigenvalue weighted by Crippen LogP contribution is 2.35. The van der Waals surface area contributed by atoms with Crippen LogP contribution in [0.2, 0.25) is 5.28 Å². The molecule has 0 aliphatic rings. The Bertz CT molecular complexity index is 1070. The Labute approximate surface area is 149 Å². The van der Waals surface area contributed by atoms with Crippen LogP contribution in [-0.2, 0) is 6.54 Å². The van der Waals surface area contributed by atoms with Gasteiger partial charge < -0.3 is 9.67 Å². The van der Waals surface area contributed by atoms with Crippen molar-refractivity contribution in [3.63, 3.8) is 0 Å². The van der Waals surface area contributed by atoms with Crippen molar-refractivity contribution in [1.82, 2.24) is 19.5 Å². The molecule has 0 amide bonds. The largest absolute Gasteiger partial charge is 0.507 e. The predicted octanol–water partition coefficient (Wildman–Crippen LogP) is 4.81. The number of benzene rings is 2. The first kappa shape index (κ1) is 15.8. The van der Waals surface area contributed by atoms with Gasteiger partial charge in [0.05, 0.1) is 6.33 Å². The van der Waals surface area contributed by atoms with Gasteiger partial charge in [-0.15, -0.1) is 0 Å². The zero-order valence-electron chi connectivity index (χ0n) is 13.8. The van der Waals surface area contributed by atoms with Crippen molar-refractivity contribution in [3.8, 4) is 17.0 Å². The Morgan fingerprint density at radius 2 is 1.88 bits per heavy atom. The number of rotatable bonds is 4. The summed E-state index contributed by atoms with van der Waals surface area (Å²) in [6, 6.07) is 11.2. The lowest BCUT2D eigenvalue weighted by molar-refractivity contribution is 0.481. The van der Waals surface area contributed by atoms with E-state index >= 15 is 0 Å². The lowest BCUT2D eigenvalue weighted by Gasteiger charge is -2.09.